The van der Waals surface area contributed by atoms with E-state index in [1.165, 1.54) is 0 Å². The molecule has 34 heavy (non-hydrogen) atoms. The Bertz CT molecular complexity index is 609. The maximum atomic E-state index is 12.4. The Balaban J connectivity index is 0.0000109. The molecule has 0 aliphatic carbocycles. The van der Waals surface area contributed by atoms with Gasteiger partial charge >= 0.3 is 11.9 Å². The van der Waals surface area contributed by atoms with Crippen molar-refractivity contribution < 1.29 is 67.1 Å². The summed E-state index contributed by atoms with van der Waals surface area (Å²) in [5, 5.41) is 31.0. The van der Waals surface area contributed by atoms with E-state index in [-0.39, 0.29) is 70.6 Å². The van der Waals surface area contributed by atoms with Crippen molar-refractivity contribution in [2.24, 2.45) is 0 Å². The SMILES string of the molecule is C=C(O)CN1CCN(CC(=O)O)CCN(CC(=O)NCCCOC)CCN(CC(=O)O)CC1.[Y]. The van der Waals surface area contributed by atoms with Gasteiger partial charge in [0.2, 0.25) is 5.91 Å². The van der Waals surface area contributed by atoms with Gasteiger partial charge in [-0.1, -0.05) is 6.58 Å². The monoisotopic (exact) mass is 562 g/mol. The van der Waals surface area contributed by atoms with Gasteiger partial charge in [0.25, 0.3) is 0 Å². The smallest absolute Gasteiger partial charge is 0.317 e. The van der Waals surface area contributed by atoms with E-state index in [1.54, 1.807) is 16.9 Å². The van der Waals surface area contributed by atoms with E-state index in [0.717, 1.165) is 0 Å². The molecule has 1 fully saturated rings. The van der Waals surface area contributed by atoms with Crippen molar-refractivity contribution in [1.82, 2.24) is 24.9 Å². The summed E-state index contributed by atoms with van der Waals surface area (Å²) >= 11 is 0. The van der Waals surface area contributed by atoms with Gasteiger partial charge in [0.1, 0.15) is 0 Å². The van der Waals surface area contributed by atoms with E-state index < -0.39 is 11.9 Å². The molecule has 0 aromatic rings. The Morgan fingerprint density at radius 3 is 1.50 bits per heavy atom. The molecule has 1 aliphatic heterocycles. The molecule has 13 heteroatoms. The van der Waals surface area contributed by atoms with E-state index in [9.17, 15) is 29.7 Å². The number of hydrogen-bond donors (Lipinski definition) is 4. The van der Waals surface area contributed by atoms with Crippen molar-refractivity contribution in [2.75, 3.05) is 98.8 Å². The second kappa shape index (κ2) is 19.1. The first-order chi connectivity index (χ1) is 15.7. The average molecular weight is 562 g/mol. The van der Waals surface area contributed by atoms with E-state index >= 15 is 0 Å². The Hall–Kier alpha value is -1.15. The van der Waals surface area contributed by atoms with Crippen LogP contribution in [0.25, 0.3) is 0 Å². The molecule has 0 aromatic carbocycles. The zero-order valence-corrected chi connectivity index (χ0v) is 23.0. The van der Waals surface area contributed by atoms with E-state index in [0.29, 0.717) is 71.9 Å². The number of carboxylic acid groups (broad SMARTS) is 2. The number of nitrogens with zero attached hydrogens (tertiary/aromatic N) is 4. The first kappa shape index (κ1) is 32.9. The number of aliphatic hydroxyl groups excluding tert-OH is 1. The summed E-state index contributed by atoms with van der Waals surface area (Å²) < 4.78 is 4.98. The number of carbonyl (C=O) groups excluding carboxylic acids is 1. The molecule has 0 bridgehead atoms. The van der Waals surface area contributed by atoms with Gasteiger partial charge in [-0.15, -0.1) is 0 Å². The van der Waals surface area contributed by atoms with Crippen LogP contribution in [-0.4, -0.2) is 152 Å². The third-order valence-electron chi connectivity index (χ3n) is 5.27. The number of aliphatic carboxylic acids is 2. The van der Waals surface area contributed by atoms with Gasteiger partial charge in [-0.3, -0.25) is 34.0 Å². The van der Waals surface area contributed by atoms with Crippen molar-refractivity contribution in [3.8, 4) is 0 Å². The number of hydrogen-bond acceptors (Lipinski definition) is 9. The first-order valence-corrected chi connectivity index (χ1v) is 11.1. The molecule has 1 saturated heterocycles. The molecular formula is C21H39N5O7Y. The number of amides is 1. The van der Waals surface area contributed by atoms with Crippen LogP contribution in [0.5, 0.6) is 0 Å². The first-order valence-electron chi connectivity index (χ1n) is 11.1. The number of carboxylic acids is 2. The molecule has 1 amide bonds. The third kappa shape index (κ3) is 16.5. The Kier molecular flexibility index (Phi) is 18.4. The van der Waals surface area contributed by atoms with Crippen LogP contribution in [0.2, 0.25) is 0 Å². The van der Waals surface area contributed by atoms with Crippen LogP contribution in [0.15, 0.2) is 12.3 Å². The molecule has 0 saturated carbocycles. The molecule has 1 rings (SSSR count). The predicted octanol–water partition coefficient (Wildman–Crippen LogP) is -1.40. The zero-order valence-electron chi connectivity index (χ0n) is 20.2. The molecule has 4 N–H and O–H groups in total. The molecule has 193 valence electrons. The molecule has 0 aromatic heterocycles. The fourth-order valence-electron chi connectivity index (χ4n) is 3.56. The van der Waals surface area contributed by atoms with Gasteiger partial charge < -0.3 is 25.4 Å². The van der Waals surface area contributed by atoms with Crippen molar-refractivity contribution in [1.29, 1.82) is 0 Å². The molecule has 0 atom stereocenters. The Morgan fingerprint density at radius 1 is 0.765 bits per heavy atom. The van der Waals surface area contributed by atoms with E-state index in [4.69, 9.17) is 4.74 Å². The molecular weight excluding hydrogens is 523 g/mol. The summed E-state index contributed by atoms with van der Waals surface area (Å²) in [6.45, 7) is 8.41. The predicted molar refractivity (Wildman–Crippen MR) is 122 cm³/mol. The van der Waals surface area contributed by atoms with Crippen molar-refractivity contribution >= 4 is 17.8 Å². The Labute approximate surface area is 226 Å². The topological polar surface area (TPSA) is 146 Å². The molecule has 1 heterocycles. The molecule has 1 radical (unpaired) electrons. The van der Waals surface area contributed by atoms with E-state index in [1.807, 2.05) is 9.80 Å². The van der Waals surface area contributed by atoms with Crippen molar-refractivity contribution in [2.45, 2.75) is 6.42 Å². The summed E-state index contributed by atoms with van der Waals surface area (Å²) in [7, 11) is 1.60. The summed E-state index contributed by atoms with van der Waals surface area (Å²) in [4.78, 5) is 42.5. The zero-order chi connectivity index (χ0) is 24.6. The minimum atomic E-state index is -0.935. The number of carbonyl (C=O) groups is 3. The number of methoxy groups -OCH3 is 1. The number of rotatable bonds is 12. The summed E-state index contributed by atoms with van der Waals surface area (Å²) in [5.74, 6) is -2.01. The van der Waals surface area contributed by atoms with Crippen molar-refractivity contribution in [3.05, 3.63) is 12.3 Å². The fraction of sp³-hybridized carbons (Fsp3) is 0.762. The fourth-order valence-corrected chi connectivity index (χ4v) is 3.56. The van der Waals surface area contributed by atoms with Gasteiger partial charge in [0.15, 0.2) is 0 Å². The summed E-state index contributed by atoms with van der Waals surface area (Å²) in [6.07, 6.45) is 0.706. The molecule has 0 spiro atoms. The normalized spacial score (nSPS) is 17.7. The average Bonchev–Trinajstić information content (AvgIpc) is 2.72. The van der Waals surface area contributed by atoms with Gasteiger partial charge in [0, 0.05) is 105 Å². The second-order valence-corrected chi connectivity index (χ2v) is 8.15. The van der Waals surface area contributed by atoms with Crippen LogP contribution < -0.4 is 5.32 Å². The number of ether oxygens (including phenoxy) is 1. The van der Waals surface area contributed by atoms with Crippen LogP contribution in [0.3, 0.4) is 0 Å². The quantitative estimate of drug-likeness (QED) is 0.165. The van der Waals surface area contributed by atoms with Crippen LogP contribution in [0.1, 0.15) is 6.42 Å². The maximum absolute atomic E-state index is 12.4. The van der Waals surface area contributed by atoms with E-state index in [2.05, 4.69) is 11.9 Å². The van der Waals surface area contributed by atoms with Gasteiger partial charge in [0.05, 0.1) is 31.9 Å². The summed E-state index contributed by atoms with van der Waals surface area (Å²) in [6, 6.07) is 0. The van der Waals surface area contributed by atoms with Crippen LogP contribution in [0, 0.1) is 0 Å². The van der Waals surface area contributed by atoms with Gasteiger partial charge in [-0.25, -0.2) is 0 Å². The van der Waals surface area contributed by atoms with Crippen molar-refractivity contribution in [3.63, 3.8) is 0 Å². The third-order valence-corrected chi connectivity index (χ3v) is 5.27. The minimum Gasteiger partial charge on any atom is -0.512 e. The number of aliphatic hydroxyl groups is 1. The molecule has 0 unspecified atom stereocenters. The molecule has 12 nitrogen and oxygen atoms in total. The number of nitrogens with one attached hydrogen (secondary N) is 1. The Morgan fingerprint density at radius 2 is 1.15 bits per heavy atom. The minimum absolute atomic E-state index is 0. The largest absolute Gasteiger partial charge is 0.512 e. The second-order valence-electron chi connectivity index (χ2n) is 8.15. The van der Waals surface area contributed by atoms with Gasteiger partial charge in [-0.05, 0) is 6.42 Å². The van der Waals surface area contributed by atoms with Gasteiger partial charge in [-0.2, -0.15) is 0 Å². The maximum Gasteiger partial charge on any atom is 0.317 e. The van der Waals surface area contributed by atoms with Crippen LogP contribution in [0.4, 0.5) is 0 Å². The van der Waals surface area contributed by atoms with Crippen LogP contribution >= 0.6 is 0 Å². The standard InChI is InChI=1S/C21H39N5O7.Y/c1-18(27)14-23-5-9-25(16-20(29)30)11-7-24(15-19(28)22-4-3-13-33-2)8-12-26(10-6-23)17-21(31)32;/h27H,1,3-17H2,2H3,(H,22,28)(H,29,30)(H,31,32);. The molecule has 1 aliphatic rings. The van der Waals surface area contributed by atoms with Crippen LogP contribution in [-0.2, 0) is 51.8 Å². The summed E-state index contributed by atoms with van der Waals surface area (Å²) in [5.41, 5.74) is 0.